The number of carbonyl (C=O) groups excluding carboxylic acids is 1. The van der Waals surface area contributed by atoms with E-state index in [2.05, 4.69) is 11.4 Å². The molecule has 2 aliphatic rings. The number of benzene rings is 1. The SMILES string of the molecule is O=C(NC1CCC(O)CC1)N1CCCC[C@@H]1c1nc2ccccc2s1. The molecule has 2 amide bonds. The highest BCUT2D eigenvalue weighted by molar-refractivity contribution is 7.18. The quantitative estimate of drug-likeness (QED) is 0.856. The summed E-state index contributed by atoms with van der Waals surface area (Å²) in [6.07, 6.45) is 6.28. The third-order valence-corrected chi connectivity index (χ3v) is 6.52. The van der Waals surface area contributed by atoms with Crippen molar-refractivity contribution in [1.82, 2.24) is 15.2 Å². The van der Waals surface area contributed by atoms with E-state index in [1.54, 1.807) is 11.3 Å². The molecular weight excluding hydrogens is 334 g/mol. The molecule has 2 aromatic rings. The topological polar surface area (TPSA) is 65.5 Å². The lowest BCUT2D eigenvalue weighted by atomic mass is 9.93. The van der Waals surface area contributed by atoms with E-state index in [9.17, 15) is 9.90 Å². The molecule has 0 spiro atoms. The first-order chi connectivity index (χ1) is 12.2. The molecule has 4 rings (SSSR count). The maximum atomic E-state index is 12.9. The molecule has 0 radical (unpaired) electrons. The summed E-state index contributed by atoms with van der Waals surface area (Å²) in [6, 6.07) is 8.48. The van der Waals surface area contributed by atoms with Crippen LogP contribution in [0.25, 0.3) is 10.2 Å². The largest absolute Gasteiger partial charge is 0.393 e. The van der Waals surface area contributed by atoms with E-state index >= 15 is 0 Å². The van der Waals surface area contributed by atoms with E-state index in [1.165, 1.54) is 4.70 Å². The van der Waals surface area contributed by atoms with Crippen molar-refractivity contribution in [3.8, 4) is 0 Å². The van der Waals surface area contributed by atoms with Crippen LogP contribution in [-0.2, 0) is 0 Å². The van der Waals surface area contributed by atoms with Crippen LogP contribution in [0, 0.1) is 0 Å². The summed E-state index contributed by atoms with van der Waals surface area (Å²) in [4.78, 5) is 19.6. The molecule has 6 heteroatoms. The van der Waals surface area contributed by atoms with Crippen LogP contribution in [0.2, 0.25) is 0 Å². The Labute approximate surface area is 152 Å². The number of aromatic nitrogens is 1. The normalized spacial score (nSPS) is 27.4. The summed E-state index contributed by atoms with van der Waals surface area (Å²) in [6.45, 7) is 0.793. The van der Waals surface area contributed by atoms with Crippen LogP contribution in [0.4, 0.5) is 4.79 Å². The van der Waals surface area contributed by atoms with Crippen LogP contribution in [0.5, 0.6) is 0 Å². The molecular formula is C19H25N3O2S. The van der Waals surface area contributed by atoms with Crippen LogP contribution in [0.3, 0.4) is 0 Å². The maximum absolute atomic E-state index is 12.9. The Bertz CT molecular complexity index is 706. The fourth-order valence-electron chi connectivity index (χ4n) is 3.94. The molecule has 2 N–H and O–H groups in total. The van der Waals surface area contributed by atoms with Gasteiger partial charge < -0.3 is 15.3 Å². The Balaban J connectivity index is 1.49. The van der Waals surface area contributed by atoms with Crippen molar-refractivity contribution >= 4 is 27.6 Å². The second-order valence-electron chi connectivity index (χ2n) is 7.18. The highest BCUT2D eigenvalue weighted by Crippen LogP contribution is 2.35. The zero-order valence-electron chi connectivity index (χ0n) is 14.4. The Morgan fingerprint density at radius 3 is 2.76 bits per heavy atom. The summed E-state index contributed by atoms with van der Waals surface area (Å²) in [5, 5.41) is 13.9. The minimum Gasteiger partial charge on any atom is -0.393 e. The first-order valence-corrected chi connectivity index (χ1v) is 10.1. The minimum absolute atomic E-state index is 0.0327. The summed E-state index contributed by atoms with van der Waals surface area (Å²) >= 11 is 1.71. The number of hydrogen-bond donors (Lipinski definition) is 2. The predicted molar refractivity (Wildman–Crippen MR) is 99.7 cm³/mol. The van der Waals surface area contributed by atoms with Crippen molar-refractivity contribution in [1.29, 1.82) is 0 Å². The van der Waals surface area contributed by atoms with Crippen LogP contribution in [0.1, 0.15) is 56.0 Å². The summed E-state index contributed by atoms with van der Waals surface area (Å²) in [5.74, 6) is 0. The van der Waals surface area contributed by atoms with E-state index in [0.717, 1.165) is 62.0 Å². The molecule has 0 unspecified atom stereocenters. The molecule has 1 aliphatic carbocycles. The Hall–Kier alpha value is -1.66. The van der Waals surface area contributed by atoms with Gasteiger partial charge in [0, 0.05) is 12.6 Å². The van der Waals surface area contributed by atoms with Crippen molar-refractivity contribution in [2.75, 3.05) is 6.54 Å². The highest BCUT2D eigenvalue weighted by Gasteiger charge is 2.32. The number of nitrogens with zero attached hydrogens (tertiary/aromatic N) is 2. The fourth-order valence-corrected chi connectivity index (χ4v) is 5.06. The second-order valence-corrected chi connectivity index (χ2v) is 8.24. The molecule has 25 heavy (non-hydrogen) atoms. The number of likely N-dealkylation sites (tertiary alicyclic amines) is 1. The van der Waals surface area contributed by atoms with Gasteiger partial charge in [-0.05, 0) is 57.1 Å². The number of piperidine rings is 1. The number of rotatable bonds is 2. The molecule has 0 bridgehead atoms. The number of aliphatic hydroxyl groups excluding tert-OH is 1. The van der Waals surface area contributed by atoms with Gasteiger partial charge in [0.1, 0.15) is 5.01 Å². The monoisotopic (exact) mass is 359 g/mol. The zero-order chi connectivity index (χ0) is 17.2. The van der Waals surface area contributed by atoms with Gasteiger partial charge in [-0.2, -0.15) is 0 Å². The zero-order valence-corrected chi connectivity index (χ0v) is 15.2. The van der Waals surface area contributed by atoms with Gasteiger partial charge in [0.15, 0.2) is 0 Å². The van der Waals surface area contributed by atoms with Crippen molar-refractivity contribution in [2.24, 2.45) is 0 Å². The average Bonchev–Trinajstić information content (AvgIpc) is 3.07. The van der Waals surface area contributed by atoms with Crippen molar-refractivity contribution in [3.63, 3.8) is 0 Å². The van der Waals surface area contributed by atoms with E-state index in [1.807, 2.05) is 23.1 Å². The second kappa shape index (κ2) is 7.30. The van der Waals surface area contributed by atoms with Crippen molar-refractivity contribution in [2.45, 2.75) is 63.1 Å². The standard InChI is InChI=1S/C19H25N3O2S/c23-14-10-8-13(9-11-14)20-19(24)22-12-4-3-6-16(22)18-21-15-5-1-2-7-17(15)25-18/h1-2,5,7,13-14,16,23H,3-4,6,8-12H2,(H,20,24)/t13?,14?,16-/m1/s1. The molecule has 1 saturated carbocycles. The lowest BCUT2D eigenvalue weighted by Gasteiger charge is -2.36. The number of para-hydroxylation sites is 1. The van der Waals surface area contributed by atoms with Gasteiger partial charge in [-0.15, -0.1) is 11.3 Å². The lowest BCUT2D eigenvalue weighted by Crippen LogP contribution is -2.49. The lowest BCUT2D eigenvalue weighted by molar-refractivity contribution is 0.110. The number of nitrogens with one attached hydrogen (secondary N) is 1. The van der Waals surface area contributed by atoms with Gasteiger partial charge in [-0.25, -0.2) is 9.78 Å². The molecule has 1 aromatic carbocycles. The van der Waals surface area contributed by atoms with E-state index in [4.69, 9.17) is 4.98 Å². The molecule has 1 aliphatic heterocycles. The predicted octanol–water partition coefficient (Wildman–Crippen LogP) is 3.84. The number of fused-ring (bicyclic) bond motifs is 1. The van der Waals surface area contributed by atoms with Crippen molar-refractivity contribution < 1.29 is 9.90 Å². The van der Waals surface area contributed by atoms with E-state index in [0.29, 0.717) is 0 Å². The molecule has 1 atom stereocenters. The van der Waals surface area contributed by atoms with E-state index in [-0.39, 0.29) is 24.2 Å². The number of hydrogen-bond acceptors (Lipinski definition) is 4. The molecule has 1 saturated heterocycles. The van der Waals surface area contributed by atoms with Crippen LogP contribution < -0.4 is 5.32 Å². The number of urea groups is 1. The van der Waals surface area contributed by atoms with Gasteiger partial charge in [0.2, 0.25) is 0 Å². The minimum atomic E-state index is -0.196. The fraction of sp³-hybridized carbons (Fsp3) is 0.579. The highest BCUT2D eigenvalue weighted by atomic mass is 32.1. The van der Waals surface area contributed by atoms with E-state index < -0.39 is 0 Å². The molecule has 5 nitrogen and oxygen atoms in total. The first-order valence-electron chi connectivity index (χ1n) is 9.31. The van der Waals surface area contributed by atoms with Crippen molar-refractivity contribution in [3.05, 3.63) is 29.3 Å². The number of thiazole rings is 1. The maximum Gasteiger partial charge on any atom is 0.318 e. The third-order valence-electron chi connectivity index (χ3n) is 5.38. The van der Waals surface area contributed by atoms with Gasteiger partial charge in [-0.3, -0.25) is 0 Å². The summed E-state index contributed by atoms with van der Waals surface area (Å²) in [5.41, 5.74) is 1.02. The third kappa shape index (κ3) is 3.65. The molecule has 2 fully saturated rings. The van der Waals surface area contributed by atoms with Crippen LogP contribution >= 0.6 is 11.3 Å². The number of carbonyl (C=O) groups is 1. The number of amides is 2. The average molecular weight is 359 g/mol. The first kappa shape index (κ1) is 16.8. The van der Waals surface area contributed by atoms with Gasteiger partial charge in [0.05, 0.1) is 22.4 Å². The van der Waals surface area contributed by atoms with Gasteiger partial charge in [0.25, 0.3) is 0 Å². The Kier molecular flexibility index (Phi) is 4.90. The molecule has 134 valence electrons. The molecule has 1 aromatic heterocycles. The van der Waals surface area contributed by atoms with Gasteiger partial charge in [-0.1, -0.05) is 12.1 Å². The summed E-state index contributed by atoms with van der Waals surface area (Å²) in [7, 11) is 0. The Morgan fingerprint density at radius 2 is 1.96 bits per heavy atom. The molecule has 2 heterocycles. The Morgan fingerprint density at radius 1 is 1.16 bits per heavy atom. The van der Waals surface area contributed by atoms with Gasteiger partial charge >= 0.3 is 6.03 Å². The van der Waals surface area contributed by atoms with Crippen LogP contribution in [-0.4, -0.2) is 39.7 Å². The van der Waals surface area contributed by atoms with Crippen LogP contribution in [0.15, 0.2) is 24.3 Å². The smallest absolute Gasteiger partial charge is 0.318 e. The summed E-state index contributed by atoms with van der Waals surface area (Å²) < 4.78 is 1.18. The number of aliphatic hydroxyl groups is 1.